The Morgan fingerprint density at radius 1 is 1.04 bits per heavy atom. The number of esters is 1. The molecule has 0 amide bonds. The van der Waals surface area contributed by atoms with Gasteiger partial charge in [0.2, 0.25) is 0 Å². The Kier molecular flexibility index (Phi) is 5.17. The summed E-state index contributed by atoms with van der Waals surface area (Å²) in [5, 5.41) is 10.5. The molecule has 0 aliphatic rings. The highest BCUT2D eigenvalue weighted by molar-refractivity contribution is 5.94. The van der Waals surface area contributed by atoms with Gasteiger partial charge < -0.3 is 14.4 Å². The zero-order valence-corrected chi connectivity index (χ0v) is 14.9. The Morgan fingerprint density at radius 2 is 1.65 bits per heavy atom. The molecule has 7 nitrogen and oxygen atoms in total. The molecule has 1 N–H and O–H groups in total. The Balaban J connectivity index is 1.82. The second kappa shape index (κ2) is 7.69. The number of nitrogens with one attached hydrogen (secondary N) is 1. The number of methoxy groups -OCH3 is 1. The quantitative estimate of drug-likeness (QED) is 0.685. The van der Waals surface area contributed by atoms with Gasteiger partial charge in [-0.1, -0.05) is 12.1 Å². The van der Waals surface area contributed by atoms with Crippen molar-refractivity contribution in [3.8, 4) is 17.0 Å². The van der Waals surface area contributed by atoms with Crippen molar-refractivity contribution in [3.05, 3.63) is 54.2 Å². The van der Waals surface area contributed by atoms with Crippen molar-refractivity contribution in [1.29, 1.82) is 0 Å². The second-order valence-corrected chi connectivity index (χ2v) is 5.55. The molecule has 0 spiro atoms. The number of hydrogen-bond donors (Lipinski definition) is 1. The molecular weight excluding hydrogens is 332 g/mol. The molecule has 3 aromatic rings. The van der Waals surface area contributed by atoms with Crippen molar-refractivity contribution in [3.63, 3.8) is 0 Å². The molecule has 1 heterocycles. The molecule has 3 rings (SSSR count). The Morgan fingerprint density at radius 3 is 2.23 bits per heavy atom. The van der Waals surface area contributed by atoms with Crippen molar-refractivity contribution >= 4 is 17.3 Å². The van der Waals surface area contributed by atoms with E-state index in [1.807, 2.05) is 55.6 Å². The zero-order valence-electron chi connectivity index (χ0n) is 14.9. The summed E-state index contributed by atoms with van der Waals surface area (Å²) in [6.45, 7) is 2.04. The lowest BCUT2D eigenvalue weighted by Crippen LogP contribution is -2.09. The molecule has 0 aliphatic carbocycles. The highest BCUT2D eigenvalue weighted by Gasteiger charge is 2.19. The summed E-state index contributed by atoms with van der Waals surface area (Å²) in [7, 11) is 3.63. The number of nitrogens with zero attached hydrogens (tertiary/aromatic N) is 3. The van der Waals surface area contributed by atoms with Gasteiger partial charge >= 0.3 is 5.97 Å². The first-order valence-corrected chi connectivity index (χ1v) is 8.20. The Hall–Kier alpha value is -3.35. The number of carbonyl (C=O) groups is 1. The second-order valence-electron chi connectivity index (χ2n) is 5.55. The van der Waals surface area contributed by atoms with E-state index in [-0.39, 0.29) is 12.3 Å². The summed E-state index contributed by atoms with van der Waals surface area (Å²) in [4.78, 5) is 14.0. The van der Waals surface area contributed by atoms with Crippen LogP contribution < -0.4 is 9.64 Å². The van der Waals surface area contributed by atoms with Crippen LogP contribution >= 0.6 is 0 Å². The van der Waals surface area contributed by atoms with E-state index in [1.54, 1.807) is 14.0 Å². The fraction of sp³-hybridized carbons (Fsp3) is 0.211. The van der Waals surface area contributed by atoms with Crippen LogP contribution in [0.3, 0.4) is 0 Å². The van der Waals surface area contributed by atoms with Crippen molar-refractivity contribution in [2.75, 3.05) is 25.7 Å². The van der Waals surface area contributed by atoms with Gasteiger partial charge in [0, 0.05) is 24.0 Å². The molecule has 0 atom stereocenters. The molecular formula is C19H20N4O3. The molecule has 0 bridgehead atoms. The van der Waals surface area contributed by atoms with Crippen molar-refractivity contribution in [2.24, 2.45) is 0 Å². The summed E-state index contributed by atoms with van der Waals surface area (Å²) >= 11 is 0. The maximum Gasteiger partial charge on any atom is 0.361 e. The summed E-state index contributed by atoms with van der Waals surface area (Å²) in [5.41, 5.74) is 3.48. The van der Waals surface area contributed by atoms with Crippen molar-refractivity contribution in [1.82, 2.24) is 15.4 Å². The molecule has 0 saturated heterocycles. The van der Waals surface area contributed by atoms with E-state index in [9.17, 15) is 4.79 Å². The predicted octanol–water partition coefficient (Wildman–Crippen LogP) is 3.42. The van der Waals surface area contributed by atoms with Gasteiger partial charge in [-0.3, -0.25) is 0 Å². The maximum atomic E-state index is 11.9. The highest BCUT2D eigenvalue weighted by Crippen LogP contribution is 2.28. The number of aromatic amines is 1. The molecule has 2 aromatic carbocycles. The number of benzene rings is 2. The Labute approximate surface area is 151 Å². The Bertz CT molecular complexity index is 873. The minimum Gasteiger partial charge on any atom is -0.497 e. The number of hydrogen-bond acceptors (Lipinski definition) is 6. The lowest BCUT2D eigenvalue weighted by molar-refractivity contribution is 0.0520. The standard InChI is InChI=1S/C19H20N4O3/c1-4-26-19(24)18-17(20-22-21-18)13-5-7-14(8-6-13)23(2)15-9-11-16(25-3)12-10-15/h5-12H,4H2,1-3H3,(H,20,21,22). The molecule has 0 saturated carbocycles. The van der Waals surface area contributed by atoms with Crippen LogP contribution in [-0.2, 0) is 4.74 Å². The first-order valence-electron chi connectivity index (χ1n) is 8.20. The SMILES string of the molecule is CCOC(=O)c1n[nH]nc1-c1ccc(N(C)c2ccc(OC)cc2)cc1. The lowest BCUT2D eigenvalue weighted by Gasteiger charge is -2.20. The van der Waals surface area contributed by atoms with Crippen LogP contribution in [0.4, 0.5) is 11.4 Å². The van der Waals surface area contributed by atoms with Crippen LogP contribution in [-0.4, -0.2) is 42.1 Å². The molecule has 0 aliphatic heterocycles. The van der Waals surface area contributed by atoms with Gasteiger partial charge in [0.15, 0.2) is 5.69 Å². The largest absolute Gasteiger partial charge is 0.497 e. The number of rotatable bonds is 6. The predicted molar refractivity (Wildman–Crippen MR) is 98.8 cm³/mol. The minimum atomic E-state index is -0.490. The van der Waals surface area contributed by atoms with E-state index in [0.717, 1.165) is 22.7 Å². The van der Waals surface area contributed by atoms with Gasteiger partial charge in [-0.15, -0.1) is 5.10 Å². The van der Waals surface area contributed by atoms with Gasteiger partial charge in [-0.2, -0.15) is 10.3 Å². The zero-order chi connectivity index (χ0) is 18.5. The van der Waals surface area contributed by atoms with E-state index in [1.165, 1.54) is 0 Å². The van der Waals surface area contributed by atoms with Crippen LogP contribution in [0.1, 0.15) is 17.4 Å². The van der Waals surface area contributed by atoms with E-state index in [0.29, 0.717) is 5.69 Å². The van der Waals surface area contributed by atoms with E-state index in [2.05, 4.69) is 20.3 Å². The summed E-state index contributed by atoms with van der Waals surface area (Å²) in [6, 6.07) is 15.5. The smallest absolute Gasteiger partial charge is 0.361 e. The summed E-state index contributed by atoms with van der Waals surface area (Å²) < 4.78 is 10.2. The van der Waals surface area contributed by atoms with Gasteiger partial charge in [-0.05, 0) is 43.3 Å². The number of anilines is 2. The average Bonchev–Trinajstić information content (AvgIpc) is 3.18. The third-order valence-electron chi connectivity index (χ3n) is 4.00. The number of H-pyrrole nitrogens is 1. The topological polar surface area (TPSA) is 80.3 Å². The lowest BCUT2D eigenvalue weighted by atomic mass is 10.1. The molecule has 26 heavy (non-hydrogen) atoms. The summed E-state index contributed by atoms with van der Waals surface area (Å²) in [5.74, 6) is 0.325. The average molecular weight is 352 g/mol. The maximum absolute atomic E-state index is 11.9. The van der Waals surface area contributed by atoms with E-state index in [4.69, 9.17) is 9.47 Å². The number of carbonyl (C=O) groups excluding carboxylic acids is 1. The van der Waals surface area contributed by atoms with Crippen LogP contribution in [0.5, 0.6) is 5.75 Å². The fourth-order valence-electron chi connectivity index (χ4n) is 2.57. The molecule has 134 valence electrons. The third kappa shape index (κ3) is 3.51. The molecule has 7 heteroatoms. The van der Waals surface area contributed by atoms with Crippen molar-refractivity contribution < 1.29 is 14.3 Å². The first kappa shape index (κ1) is 17.5. The fourth-order valence-corrected chi connectivity index (χ4v) is 2.57. The van der Waals surface area contributed by atoms with Crippen LogP contribution in [0.15, 0.2) is 48.5 Å². The van der Waals surface area contributed by atoms with Crippen molar-refractivity contribution in [2.45, 2.75) is 6.92 Å². The normalized spacial score (nSPS) is 10.4. The van der Waals surface area contributed by atoms with Gasteiger partial charge in [0.05, 0.1) is 13.7 Å². The van der Waals surface area contributed by atoms with Crippen LogP contribution in [0.25, 0.3) is 11.3 Å². The van der Waals surface area contributed by atoms with Gasteiger partial charge in [-0.25, -0.2) is 4.79 Å². The van der Waals surface area contributed by atoms with Crippen LogP contribution in [0, 0.1) is 0 Å². The molecule has 0 radical (unpaired) electrons. The van der Waals surface area contributed by atoms with Gasteiger partial charge in [0.25, 0.3) is 0 Å². The first-order chi connectivity index (χ1) is 12.6. The number of aromatic nitrogens is 3. The third-order valence-corrected chi connectivity index (χ3v) is 4.00. The molecule has 0 fully saturated rings. The van der Waals surface area contributed by atoms with Gasteiger partial charge in [0.1, 0.15) is 11.4 Å². The number of ether oxygens (including phenoxy) is 2. The molecule has 1 aromatic heterocycles. The van der Waals surface area contributed by atoms with E-state index < -0.39 is 5.97 Å². The molecule has 0 unspecified atom stereocenters. The minimum absolute atomic E-state index is 0.183. The van der Waals surface area contributed by atoms with Crippen LogP contribution in [0.2, 0.25) is 0 Å². The summed E-state index contributed by atoms with van der Waals surface area (Å²) in [6.07, 6.45) is 0. The monoisotopic (exact) mass is 352 g/mol. The highest BCUT2D eigenvalue weighted by atomic mass is 16.5. The van der Waals surface area contributed by atoms with E-state index >= 15 is 0 Å².